The van der Waals surface area contributed by atoms with E-state index >= 15 is 0 Å². The number of halogens is 2. The molecule has 1 saturated carbocycles. The minimum Gasteiger partial charge on any atom is -0.497 e. The maximum absolute atomic E-state index is 13.3. The number of methoxy groups -OCH3 is 2. The molecular weight excluding hydrogens is 471 g/mol. The van der Waals surface area contributed by atoms with Crippen LogP contribution in [0.15, 0.2) is 42.5 Å². The zero-order chi connectivity index (χ0) is 24.5. The van der Waals surface area contributed by atoms with Crippen molar-refractivity contribution in [2.45, 2.75) is 49.2 Å². The lowest BCUT2D eigenvalue weighted by atomic mass is 9.55. The summed E-state index contributed by atoms with van der Waals surface area (Å²) in [7, 11) is 7.63. The summed E-state index contributed by atoms with van der Waals surface area (Å²) >= 11 is 12.2. The highest BCUT2D eigenvalue weighted by Gasteiger charge is 2.59. The van der Waals surface area contributed by atoms with Crippen molar-refractivity contribution in [3.8, 4) is 5.75 Å². The maximum Gasteiger partial charge on any atom is 0.226 e. The Kier molecular flexibility index (Phi) is 7.49. The third-order valence-corrected chi connectivity index (χ3v) is 8.82. The molecule has 1 aliphatic heterocycles. The quantitative estimate of drug-likeness (QED) is 0.541. The average Bonchev–Trinajstić information content (AvgIpc) is 2.85. The van der Waals surface area contributed by atoms with Gasteiger partial charge in [-0.15, -0.1) is 0 Å². The highest BCUT2D eigenvalue weighted by atomic mass is 35.5. The van der Waals surface area contributed by atoms with E-state index in [-0.39, 0.29) is 23.0 Å². The van der Waals surface area contributed by atoms with Gasteiger partial charge in [0.1, 0.15) is 5.75 Å². The van der Waals surface area contributed by atoms with Crippen LogP contribution in [0.4, 0.5) is 0 Å². The first kappa shape index (κ1) is 25.3. The van der Waals surface area contributed by atoms with Crippen LogP contribution in [-0.4, -0.2) is 68.8 Å². The Morgan fingerprint density at radius 1 is 1.15 bits per heavy atom. The number of rotatable bonds is 6. The highest BCUT2D eigenvalue weighted by molar-refractivity contribution is 6.42. The van der Waals surface area contributed by atoms with E-state index in [1.54, 1.807) is 19.2 Å². The average molecular weight is 505 g/mol. The van der Waals surface area contributed by atoms with Crippen LogP contribution < -0.4 is 4.74 Å². The van der Waals surface area contributed by atoms with Gasteiger partial charge in [0, 0.05) is 32.2 Å². The minimum absolute atomic E-state index is 0.0852. The third kappa shape index (κ3) is 4.56. The Morgan fingerprint density at radius 2 is 1.94 bits per heavy atom. The molecule has 4 rings (SSSR count). The molecule has 0 aromatic heterocycles. The summed E-state index contributed by atoms with van der Waals surface area (Å²) in [5.74, 6) is 0.934. The molecule has 0 bridgehead atoms. The van der Waals surface area contributed by atoms with E-state index in [0.717, 1.165) is 50.1 Å². The first-order valence-corrected chi connectivity index (χ1v) is 12.6. The molecule has 1 amide bonds. The zero-order valence-electron chi connectivity index (χ0n) is 20.4. The number of hydrogen-bond donors (Lipinski definition) is 0. The lowest BCUT2D eigenvalue weighted by Crippen LogP contribution is -2.67. The molecule has 2 aromatic carbocycles. The molecule has 7 heteroatoms. The number of fused-ring (bicyclic) bond motifs is 1. The fourth-order valence-electron chi connectivity index (χ4n) is 6.08. The van der Waals surface area contributed by atoms with Gasteiger partial charge in [0.05, 0.1) is 29.2 Å². The Hall–Kier alpha value is -1.79. The summed E-state index contributed by atoms with van der Waals surface area (Å²) < 4.78 is 12.0. The SMILES string of the molecule is COc1cccc([C@@]23CCN(C)C[C@@]2(OC)CC[C@H](N(C)C(=O)Cc2ccc(Cl)c(Cl)c2)C3)c1. The summed E-state index contributed by atoms with van der Waals surface area (Å²) in [6.45, 7) is 1.85. The van der Waals surface area contributed by atoms with E-state index in [1.165, 1.54) is 5.56 Å². The van der Waals surface area contributed by atoms with E-state index in [2.05, 4.69) is 30.1 Å². The molecule has 1 aliphatic carbocycles. The largest absolute Gasteiger partial charge is 0.497 e. The second kappa shape index (κ2) is 10.1. The van der Waals surface area contributed by atoms with Crippen LogP contribution >= 0.6 is 23.2 Å². The Morgan fingerprint density at radius 3 is 2.65 bits per heavy atom. The van der Waals surface area contributed by atoms with Crippen molar-refractivity contribution in [1.29, 1.82) is 0 Å². The summed E-state index contributed by atoms with van der Waals surface area (Å²) in [6.07, 6.45) is 3.91. The van der Waals surface area contributed by atoms with Gasteiger partial charge < -0.3 is 19.3 Å². The van der Waals surface area contributed by atoms with Crippen molar-refractivity contribution in [3.63, 3.8) is 0 Å². The second-order valence-electron chi connectivity index (χ2n) is 9.83. The van der Waals surface area contributed by atoms with Crippen LogP contribution in [0, 0.1) is 0 Å². The van der Waals surface area contributed by atoms with Crippen molar-refractivity contribution < 1.29 is 14.3 Å². The van der Waals surface area contributed by atoms with E-state index in [9.17, 15) is 4.79 Å². The Labute approximate surface area is 212 Å². The number of amides is 1. The minimum atomic E-state index is -0.309. The summed E-state index contributed by atoms with van der Waals surface area (Å²) in [4.78, 5) is 17.6. The van der Waals surface area contributed by atoms with Gasteiger partial charge >= 0.3 is 0 Å². The summed E-state index contributed by atoms with van der Waals surface area (Å²) in [5.41, 5.74) is 1.59. The molecule has 1 saturated heterocycles. The molecule has 0 radical (unpaired) electrons. The molecule has 2 aliphatic rings. The molecule has 5 nitrogen and oxygen atoms in total. The Balaban J connectivity index is 1.64. The van der Waals surface area contributed by atoms with E-state index in [1.807, 2.05) is 31.2 Å². The molecule has 0 unspecified atom stereocenters. The molecule has 1 heterocycles. The number of hydrogen-bond acceptors (Lipinski definition) is 4. The maximum atomic E-state index is 13.3. The van der Waals surface area contributed by atoms with Crippen LogP contribution in [0.3, 0.4) is 0 Å². The van der Waals surface area contributed by atoms with Crippen LogP contribution in [0.2, 0.25) is 10.0 Å². The summed E-state index contributed by atoms with van der Waals surface area (Å²) in [6, 6.07) is 13.9. The monoisotopic (exact) mass is 504 g/mol. The number of ether oxygens (including phenoxy) is 2. The van der Waals surface area contributed by atoms with Crippen molar-refractivity contribution in [3.05, 3.63) is 63.6 Å². The van der Waals surface area contributed by atoms with Gasteiger partial charge in [-0.25, -0.2) is 0 Å². The predicted molar refractivity (Wildman–Crippen MR) is 137 cm³/mol. The van der Waals surface area contributed by atoms with Gasteiger partial charge in [-0.3, -0.25) is 4.79 Å². The van der Waals surface area contributed by atoms with Crippen LogP contribution in [0.25, 0.3) is 0 Å². The van der Waals surface area contributed by atoms with Crippen LogP contribution in [0.1, 0.15) is 36.8 Å². The molecular formula is C27H34Cl2N2O3. The first-order chi connectivity index (χ1) is 16.2. The molecule has 34 heavy (non-hydrogen) atoms. The van der Waals surface area contributed by atoms with Gasteiger partial charge in [-0.1, -0.05) is 41.4 Å². The number of carbonyl (C=O) groups excluding carboxylic acids is 1. The number of benzene rings is 2. The normalized spacial score (nSPS) is 27.2. The number of likely N-dealkylation sites (N-methyl/N-ethyl adjacent to an activating group) is 2. The van der Waals surface area contributed by atoms with Crippen molar-refractivity contribution in [2.24, 2.45) is 0 Å². The van der Waals surface area contributed by atoms with Gasteiger partial charge in [0.15, 0.2) is 0 Å². The van der Waals surface area contributed by atoms with Crippen molar-refractivity contribution in [1.82, 2.24) is 9.80 Å². The lowest BCUT2D eigenvalue weighted by molar-refractivity contribution is -0.157. The smallest absolute Gasteiger partial charge is 0.226 e. The fourth-order valence-corrected chi connectivity index (χ4v) is 6.40. The molecule has 3 atom stereocenters. The number of carbonyl (C=O) groups is 1. The zero-order valence-corrected chi connectivity index (χ0v) is 22.0. The fraction of sp³-hybridized carbons (Fsp3) is 0.519. The summed E-state index contributed by atoms with van der Waals surface area (Å²) in [5, 5.41) is 0.970. The molecule has 2 fully saturated rings. The van der Waals surface area contributed by atoms with Gasteiger partial charge in [-0.2, -0.15) is 0 Å². The standard InChI is InChI=1S/C27H34Cl2N2O3/c1-30-13-12-26(20-6-5-7-22(16-20)33-3)17-21(10-11-27(26,18-30)34-4)31(2)25(32)15-19-8-9-23(28)24(29)14-19/h5-9,14,16,21H,10-13,15,17-18H2,1-4H3/t21-,26-,27-/m0/s1. The van der Waals surface area contributed by atoms with Crippen LogP contribution in [-0.2, 0) is 21.4 Å². The first-order valence-electron chi connectivity index (χ1n) is 11.8. The lowest BCUT2D eigenvalue weighted by Gasteiger charge is -2.60. The molecule has 2 aromatic rings. The van der Waals surface area contributed by atoms with Gasteiger partial charge in [-0.05, 0) is 74.7 Å². The number of nitrogens with zero attached hydrogens (tertiary/aromatic N) is 2. The second-order valence-corrected chi connectivity index (χ2v) is 10.6. The number of piperidine rings is 1. The number of likely N-dealkylation sites (tertiary alicyclic amines) is 1. The van der Waals surface area contributed by atoms with E-state index in [4.69, 9.17) is 32.7 Å². The van der Waals surface area contributed by atoms with E-state index in [0.29, 0.717) is 16.5 Å². The topological polar surface area (TPSA) is 42.0 Å². The Bertz CT molecular complexity index is 1050. The van der Waals surface area contributed by atoms with E-state index < -0.39 is 0 Å². The van der Waals surface area contributed by atoms with Gasteiger partial charge in [0.25, 0.3) is 0 Å². The molecule has 0 N–H and O–H groups in total. The third-order valence-electron chi connectivity index (χ3n) is 8.08. The highest BCUT2D eigenvalue weighted by Crippen LogP contribution is 2.54. The molecule has 184 valence electrons. The van der Waals surface area contributed by atoms with Gasteiger partial charge in [0.2, 0.25) is 5.91 Å². The van der Waals surface area contributed by atoms with Crippen molar-refractivity contribution >= 4 is 29.1 Å². The van der Waals surface area contributed by atoms with Crippen LogP contribution in [0.5, 0.6) is 5.75 Å². The van der Waals surface area contributed by atoms with Crippen molar-refractivity contribution in [2.75, 3.05) is 41.4 Å². The molecule has 0 spiro atoms. The predicted octanol–water partition coefficient (Wildman–Crippen LogP) is 5.21.